The van der Waals surface area contributed by atoms with E-state index in [0.29, 0.717) is 12.1 Å². The number of anilines is 1. The van der Waals surface area contributed by atoms with Crippen molar-refractivity contribution in [1.82, 2.24) is 9.55 Å². The van der Waals surface area contributed by atoms with E-state index in [1.807, 2.05) is 42.5 Å². The van der Waals surface area contributed by atoms with Crippen LogP contribution in [0.1, 0.15) is 17.4 Å². The minimum absolute atomic E-state index is 0.204. The molecule has 0 amide bonds. The van der Waals surface area contributed by atoms with Crippen LogP contribution in [0.5, 0.6) is 0 Å². The maximum absolute atomic E-state index is 12.2. The van der Waals surface area contributed by atoms with Crippen LogP contribution in [0.3, 0.4) is 0 Å². The number of aromatic nitrogens is 2. The second-order valence-corrected chi connectivity index (χ2v) is 8.19. The van der Waals surface area contributed by atoms with Gasteiger partial charge in [-0.25, -0.2) is 4.79 Å². The van der Waals surface area contributed by atoms with Gasteiger partial charge in [0.05, 0.1) is 13.2 Å². The van der Waals surface area contributed by atoms with E-state index in [2.05, 4.69) is 4.98 Å². The van der Waals surface area contributed by atoms with Gasteiger partial charge in [-0.3, -0.25) is 14.3 Å². The summed E-state index contributed by atoms with van der Waals surface area (Å²) in [6.07, 6.45) is -1.66. The monoisotopic (exact) mass is 437 g/mol. The third-order valence-corrected chi connectivity index (χ3v) is 6.30. The highest BCUT2D eigenvalue weighted by atomic mass is 16.6. The average molecular weight is 437 g/mol. The summed E-state index contributed by atoms with van der Waals surface area (Å²) in [4.78, 5) is 25.8. The Kier molecular flexibility index (Phi) is 4.98. The summed E-state index contributed by atoms with van der Waals surface area (Å²) in [7, 11) is 0. The van der Waals surface area contributed by atoms with E-state index in [-0.39, 0.29) is 6.61 Å². The first kappa shape index (κ1) is 20.7. The van der Waals surface area contributed by atoms with Gasteiger partial charge in [0.1, 0.15) is 17.8 Å². The molecule has 166 valence electrons. The number of aliphatic hydroxyl groups is 2. The van der Waals surface area contributed by atoms with E-state index in [1.54, 1.807) is 0 Å². The number of hydrogen-bond donors (Lipinski definition) is 4. The molecule has 3 heterocycles. The predicted octanol–water partition coefficient (Wildman–Crippen LogP) is 0.548. The van der Waals surface area contributed by atoms with Gasteiger partial charge in [0, 0.05) is 24.4 Å². The van der Waals surface area contributed by atoms with Gasteiger partial charge >= 0.3 is 5.69 Å². The number of aliphatic hydroxyl groups excluding tert-OH is 2. The highest BCUT2D eigenvalue weighted by Gasteiger charge is 2.59. The number of fused-ring (bicyclic) bond motifs is 1. The molecule has 1 fully saturated rings. The van der Waals surface area contributed by atoms with Gasteiger partial charge in [0.2, 0.25) is 0 Å². The second kappa shape index (κ2) is 7.72. The van der Waals surface area contributed by atoms with Crippen molar-refractivity contribution in [2.45, 2.75) is 37.1 Å². The zero-order chi connectivity index (χ0) is 22.5. The number of nitrogens with zero attached hydrogens (tertiary/aromatic N) is 1. The van der Waals surface area contributed by atoms with Gasteiger partial charge in [0.25, 0.3) is 5.56 Å². The SMILES string of the molecule is Nc1cccc(-c2ccc3c(c2)CO[C@]2(C3)[C@@H](CO)O[C@@H](n3ccc(=O)[nH]c3=O)[C@@H]2O)c1. The lowest BCUT2D eigenvalue weighted by atomic mass is 9.81. The van der Waals surface area contributed by atoms with Crippen LogP contribution in [0.25, 0.3) is 11.1 Å². The van der Waals surface area contributed by atoms with Gasteiger partial charge in [-0.1, -0.05) is 24.3 Å². The largest absolute Gasteiger partial charge is 0.399 e. The van der Waals surface area contributed by atoms with Gasteiger partial charge < -0.3 is 25.4 Å². The molecule has 1 aromatic heterocycles. The predicted molar refractivity (Wildman–Crippen MR) is 116 cm³/mol. The molecule has 0 saturated carbocycles. The maximum Gasteiger partial charge on any atom is 0.330 e. The van der Waals surface area contributed by atoms with Crippen molar-refractivity contribution in [3.63, 3.8) is 0 Å². The number of benzene rings is 2. The summed E-state index contributed by atoms with van der Waals surface area (Å²) in [5.41, 5.74) is 7.99. The zero-order valence-electron chi connectivity index (χ0n) is 17.1. The minimum Gasteiger partial charge on any atom is -0.399 e. The van der Waals surface area contributed by atoms with Gasteiger partial charge in [-0.15, -0.1) is 0 Å². The molecule has 1 saturated heterocycles. The summed E-state index contributed by atoms with van der Waals surface area (Å²) in [6.45, 7) is -0.196. The molecule has 0 aliphatic carbocycles. The normalized spacial score (nSPS) is 26.9. The van der Waals surface area contributed by atoms with E-state index in [9.17, 15) is 19.8 Å². The maximum atomic E-state index is 12.2. The fraction of sp³-hybridized carbons (Fsp3) is 0.304. The molecule has 2 aliphatic heterocycles. The van der Waals surface area contributed by atoms with Crippen molar-refractivity contribution in [1.29, 1.82) is 0 Å². The van der Waals surface area contributed by atoms with Crippen LogP contribution in [-0.4, -0.2) is 44.2 Å². The Morgan fingerprint density at radius 2 is 1.94 bits per heavy atom. The third-order valence-electron chi connectivity index (χ3n) is 6.30. The Labute approximate surface area is 182 Å². The molecule has 5 rings (SSSR count). The number of hydrogen-bond acceptors (Lipinski definition) is 7. The lowest BCUT2D eigenvalue weighted by Crippen LogP contribution is -2.55. The molecule has 4 atom stereocenters. The molecule has 9 nitrogen and oxygen atoms in total. The molecule has 0 unspecified atom stereocenters. The minimum atomic E-state index is -1.25. The zero-order valence-corrected chi connectivity index (χ0v) is 17.1. The molecule has 0 radical (unpaired) electrons. The Morgan fingerprint density at radius 1 is 1.12 bits per heavy atom. The summed E-state index contributed by atoms with van der Waals surface area (Å²) in [5, 5.41) is 21.1. The smallest absolute Gasteiger partial charge is 0.330 e. The van der Waals surface area contributed by atoms with Crippen molar-refractivity contribution < 1.29 is 19.7 Å². The third kappa shape index (κ3) is 3.26. The van der Waals surface area contributed by atoms with Crippen molar-refractivity contribution in [3.05, 3.63) is 86.7 Å². The number of rotatable bonds is 3. The fourth-order valence-electron chi connectivity index (χ4n) is 4.62. The molecule has 32 heavy (non-hydrogen) atoms. The Morgan fingerprint density at radius 3 is 2.69 bits per heavy atom. The molecular weight excluding hydrogens is 414 g/mol. The van der Waals surface area contributed by atoms with Crippen LogP contribution in [-0.2, 0) is 22.5 Å². The first-order valence-corrected chi connectivity index (χ1v) is 10.3. The van der Waals surface area contributed by atoms with Gasteiger partial charge in [0.15, 0.2) is 6.23 Å². The number of nitrogen functional groups attached to an aromatic ring is 1. The molecule has 2 aliphatic rings. The van der Waals surface area contributed by atoms with Crippen LogP contribution in [0.4, 0.5) is 5.69 Å². The molecule has 5 N–H and O–H groups in total. The first-order chi connectivity index (χ1) is 15.4. The van der Waals surface area contributed by atoms with Gasteiger partial charge in [-0.2, -0.15) is 0 Å². The standard InChI is InChI=1S/C23H23N3O6/c24-17-3-1-2-13(9-17)14-4-5-15-10-23(31-12-16(15)8-14)18(11-27)32-21(20(23)29)26-7-6-19(28)25-22(26)30/h1-9,18,20-21,27,29H,10-12,24H2,(H,25,28,30)/t18-,20+,21-,23-/m1/s1. The molecule has 1 spiro atoms. The molecule has 9 heteroatoms. The topological polar surface area (TPSA) is 140 Å². The molecule has 3 aromatic rings. The average Bonchev–Trinajstić information content (AvgIpc) is 3.04. The first-order valence-electron chi connectivity index (χ1n) is 10.3. The number of nitrogens with one attached hydrogen (secondary N) is 1. The number of nitrogens with two attached hydrogens (primary N) is 1. The molecule has 2 aromatic carbocycles. The Hall–Kier alpha value is -3.24. The van der Waals surface area contributed by atoms with Crippen LogP contribution in [0, 0.1) is 0 Å². The van der Waals surface area contributed by atoms with E-state index in [4.69, 9.17) is 15.2 Å². The lowest BCUT2D eigenvalue weighted by molar-refractivity contribution is -0.152. The number of aromatic amines is 1. The van der Waals surface area contributed by atoms with Gasteiger partial charge in [-0.05, 0) is 40.5 Å². The lowest BCUT2D eigenvalue weighted by Gasteiger charge is -2.40. The van der Waals surface area contributed by atoms with E-state index in [0.717, 1.165) is 26.8 Å². The fourth-order valence-corrected chi connectivity index (χ4v) is 4.62. The molecular formula is C23H23N3O6. The van der Waals surface area contributed by atoms with Crippen LogP contribution >= 0.6 is 0 Å². The van der Waals surface area contributed by atoms with Crippen LogP contribution in [0.2, 0.25) is 0 Å². The van der Waals surface area contributed by atoms with E-state index in [1.165, 1.54) is 12.3 Å². The van der Waals surface area contributed by atoms with Crippen molar-refractivity contribution in [3.8, 4) is 11.1 Å². The Balaban J connectivity index is 1.48. The summed E-state index contributed by atoms with van der Waals surface area (Å²) < 4.78 is 13.1. The van der Waals surface area contributed by atoms with Crippen LogP contribution in [0.15, 0.2) is 64.3 Å². The number of H-pyrrole nitrogens is 1. The summed E-state index contributed by atoms with van der Waals surface area (Å²) >= 11 is 0. The number of ether oxygens (including phenoxy) is 2. The molecule has 0 bridgehead atoms. The van der Waals surface area contributed by atoms with E-state index < -0.39 is 41.9 Å². The highest BCUT2D eigenvalue weighted by molar-refractivity contribution is 5.68. The second-order valence-electron chi connectivity index (χ2n) is 8.19. The van der Waals surface area contributed by atoms with Crippen molar-refractivity contribution in [2.24, 2.45) is 0 Å². The Bertz CT molecular complexity index is 1280. The summed E-state index contributed by atoms with van der Waals surface area (Å²) in [6, 6.07) is 14.7. The highest BCUT2D eigenvalue weighted by Crippen LogP contribution is 2.45. The quantitative estimate of drug-likeness (QED) is 0.439. The summed E-state index contributed by atoms with van der Waals surface area (Å²) in [5.74, 6) is 0. The van der Waals surface area contributed by atoms with Crippen LogP contribution < -0.4 is 17.0 Å². The van der Waals surface area contributed by atoms with E-state index >= 15 is 0 Å². The van der Waals surface area contributed by atoms with Crippen molar-refractivity contribution >= 4 is 5.69 Å². The van der Waals surface area contributed by atoms with Crippen molar-refractivity contribution in [2.75, 3.05) is 12.3 Å².